The number of phenolic OH excluding ortho intramolecular Hbond substituents is 1. The number of fused-ring (bicyclic) bond motifs is 4. The molecule has 0 radical (unpaired) electrons. The van der Waals surface area contributed by atoms with E-state index in [0.29, 0.717) is 14.7 Å². The predicted molar refractivity (Wildman–Crippen MR) is 160 cm³/mol. The summed E-state index contributed by atoms with van der Waals surface area (Å²) >= 11 is 16.2. The van der Waals surface area contributed by atoms with E-state index >= 15 is 0 Å². The second kappa shape index (κ2) is 9.83. The summed E-state index contributed by atoms with van der Waals surface area (Å²) in [5.74, 6) is -8.29. The predicted octanol–water partition coefficient (Wildman–Crippen LogP) is 3.60. The summed E-state index contributed by atoms with van der Waals surface area (Å²) in [6, 6.07) is 6.52. The number of imide groups is 2. The first kappa shape index (κ1) is 29.7. The summed E-state index contributed by atoms with van der Waals surface area (Å²) < 4.78 is 5.74. The third-order valence-electron chi connectivity index (χ3n) is 9.09. The lowest BCUT2D eigenvalue weighted by Gasteiger charge is -2.50. The fourth-order valence-electron chi connectivity index (χ4n) is 7.13. The number of phenols is 2. The van der Waals surface area contributed by atoms with Crippen LogP contribution in [0.2, 0.25) is 0 Å². The van der Waals surface area contributed by atoms with Crippen LogP contribution in [0.4, 0.5) is 5.69 Å². The number of benzene rings is 2. The molecule has 6 atom stereocenters. The number of ether oxygens (including phenoxy) is 1. The molecule has 6 rings (SSSR count). The Morgan fingerprint density at radius 1 is 1.05 bits per heavy atom. The average Bonchev–Trinajstić information content (AvgIpc) is 3.29. The van der Waals surface area contributed by atoms with Crippen molar-refractivity contribution in [2.75, 3.05) is 19.1 Å². The van der Waals surface area contributed by atoms with Gasteiger partial charge in [0, 0.05) is 19.0 Å². The van der Waals surface area contributed by atoms with Gasteiger partial charge < -0.3 is 20.1 Å². The molecule has 2 aromatic rings. The molecule has 4 aliphatic rings. The number of carbonyl (C=O) groups is 5. The van der Waals surface area contributed by atoms with Crippen molar-refractivity contribution in [2.45, 2.75) is 28.5 Å². The van der Waals surface area contributed by atoms with Gasteiger partial charge in [0.15, 0.2) is 21.2 Å². The number of methoxy groups -OCH3 is 1. The topological polar surface area (TPSA) is 162 Å². The molecule has 11 nitrogen and oxygen atoms in total. The average molecular weight is 741 g/mol. The summed E-state index contributed by atoms with van der Waals surface area (Å²) in [5, 5.41) is 30.0. The van der Waals surface area contributed by atoms with Crippen LogP contribution in [-0.4, -0.2) is 73.7 Å². The molecular weight excluding hydrogens is 718 g/mol. The van der Waals surface area contributed by atoms with E-state index in [9.17, 15) is 39.3 Å². The van der Waals surface area contributed by atoms with E-state index in [1.807, 2.05) is 22.6 Å². The summed E-state index contributed by atoms with van der Waals surface area (Å²) in [7, 11) is 2.65. The van der Waals surface area contributed by atoms with Crippen molar-refractivity contribution < 1.29 is 44.0 Å². The van der Waals surface area contributed by atoms with Gasteiger partial charge in [-0.1, -0.05) is 11.6 Å². The molecule has 3 fully saturated rings. The summed E-state index contributed by atoms with van der Waals surface area (Å²) in [5.41, 5.74) is 0.583. The van der Waals surface area contributed by atoms with Crippen molar-refractivity contribution >= 4 is 81.1 Å². The number of halogens is 3. The van der Waals surface area contributed by atoms with E-state index in [2.05, 4.69) is 0 Å². The largest absolute Gasteiger partial charge is 0.507 e. The molecule has 2 aromatic carbocycles. The number of allylic oxidation sites excluding steroid dienone is 2. The van der Waals surface area contributed by atoms with E-state index in [-0.39, 0.29) is 30.0 Å². The highest BCUT2D eigenvalue weighted by molar-refractivity contribution is 14.1. The third kappa shape index (κ3) is 3.81. The van der Waals surface area contributed by atoms with Gasteiger partial charge in [-0.25, -0.2) is 9.69 Å². The van der Waals surface area contributed by atoms with Gasteiger partial charge in [0.1, 0.15) is 11.3 Å². The molecule has 224 valence electrons. The molecule has 6 unspecified atom stereocenters. The fraction of sp³-hybridized carbons (Fsp3) is 0.345. The van der Waals surface area contributed by atoms with E-state index in [4.69, 9.17) is 27.9 Å². The van der Waals surface area contributed by atoms with Crippen LogP contribution in [-0.2, 0) is 19.2 Å². The van der Waals surface area contributed by atoms with Gasteiger partial charge in [-0.3, -0.25) is 24.1 Å². The Labute approximate surface area is 268 Å². The molecule has 2 aliphatic carbocycles. The zero-order chi connectivity index (χ0) is 31.3. The fourth-order valence-corrected chi connectivity index (χ4v) is 8.77. The van der Waals surface area contributed by atoms with Crippen LogP contribution >= 0.6 is 45.8 Å². The number of nitrogens with zero attached hydrogens (tertiary/aromatic N) is 2. The minimum Gasteiger partial charge on any atom is -0.507 e. The van der Waals surface area contributed by atoms with E-state index in [1.54, 1.807) is 12.1 Å². The van der Waals surface area contributed by atoms with Crippen molar-refractivity contribution in [1.29, 1.82) is 0 Å². The van der Waals surface area contributed by atoms with Crippen LogP contribution in [0.15, 0.2) is 42.0 Å². The number of anilines is 1. The number of likely N-dealkylation sites (tertiary alicyclic amines) is 1. The van der Waals surface area contributed by atoms with Crippen LogP contribution in [0.5, 0.6) is 17.2 Å². The Hall–Kier alpha value is -3.36. The van der Waals surface area contributed by atoms with Gasteiger partial charge in [-0.05, 0) is 71.2 Å². The van der Waals surface area contributed by atoms with Crippen molar-refractivity contribution in [3.05, 3.63) is 56.7 Å². The lowest BCUT2D eigenvalue weighted by Crippen LogP contribution is -2.60. The molecule has 0 aromatic heterocycles. The number of amides is 4. The summed E-state index contributed by atoms with van der Waals surface area (Å²) in [6.45, 7) is 0. The number of carboxylic acids is 1. The molecule has 4 amide bonds. The van der Waals surface area contributed by atoms with E-state index < -0.39 is 74.3 Å². The Morgan fingerprint density at radius 3 is 2.37 bits per heavy atom. The molecular formula is C29H23Cl2IN2O9. The standard InChI is InChI=1S/C29H23Cl2IN2O9/c1-33-26(41)28(30)10-16-13(21(29(28,31)27(33)42)11-7-17(32)22(36)19(8-11)43-2)5-6-15-20(16)24(38)34(23(15)37)12-3-4-14(25(39)40)18(35)9-12/h3-5,7-9,15-16,20-21,35-36H,6,10H2,1-2H3,(H,39,40). The number of aromatic carboxylic acids is 1. The SMILES string of the molecule is COc1cc(C2C3=CCC4C(=O)N(c5ccc(C(=O)O)c(O)c5)C(=O)C4C3CC3(Cl)C(=O)N(C)C(=O)C23Cl)cc(I)c1O. The molecule has 0 bridgehead atoms. The van der Waals surface area contributed by atoms with Gasteiger partial charge in [0.05, 0.1) is 28.2 Å². The molecule has 14 heteroatoms. The molecule has 43 heavy (non-hydrogen) atoms. The highest BCUT2D eigenvalue weighted by Gasteiger charge is 2.76. The zero-order valence-corrected chi connectivity index (χ0v) is 26.2. The van der Waals surface area contributed by atoms with E-state index in [1.165, 1.54) is 26.3 Å². The molecule has 3 N–H and O–H groups in total. The van der Waals surface area contributed by atoms with Gasteiger partial charge in [0.25, 0.3) is 11.8 Å². The van der Waals surface area contributed by atoms with Crippen LogP contribution in [0.25, 0.3) is 0 Å². The Morgan fingerprint density at radius 2 is 1.74 bits per heavy atom. The number of alkyl halides is 2. The second-order valence-corrected chi connectivity index (χ2v) is 13.5. The molecule has 2 heterocycles. The zero-order valence-electron chi connectivity index (χ0n) is 22.5. The minimum atomic E-state index is -2.00. The third-order valence-corrected chi connectivity index (χ3v) is 11.3. The van der Waals surface area contributed by atoms with Crippen LogP contribution in [0, 0.1) is 21.3 Å². The van der Waals surface area contributed by atoms with Crippen molar-refractivity contribution in [3.8, 4) is 17.2 Å². The number of hydrogen-bond acceptors (Lipinski definition) is 8. The quantitative estimate of drug-likeness (QED) is 0.184. The second-order valence-electron chi connectivity index (χ2n) is 11.1. The smallest absolute Gasteiger partial charge is 0.339 e. The minimum absolute atomic E-state index is 0.00207. The van der Waals surface area contributed by atoms with Crippen LogP contribution < -0.4 is 9.64 Å². The molecule has 0 spiro atoms. The highest BCUT2D eigenvalue weighted by Crippen LogP contribution is 2.65. The van der Waals surface area contributed by atoms with Gasteiger partial charge in [-0.15, -0.1) is 23.2 Å². The van der Waals surface area contributed by atoms with Gasteiger partial charge >= 0.3 is 5.97 Å². The molecule has 2 aliphatic heterocycles. The summed E-state index contributed by atoms with van der Waals surface area (Å²) in [4.78, 5) is 64.2. The monoisotopic (exact) mass is 740 g/mol. The lowest BCUT2D eigenvalue weighted by molar-refractivity contribution is -0.138. The maximum absolute atomic E-state index is 14.1. The Bertz CT molecular complexity index is 1710. The first-order chi connectivity index (χ1) is 20.2. The first-order valence-electron chi connectivity index (χ1n) is 13.1. The normalized spacial score (nSPS) is 31.5. The first-order valence-corrected chi connectivity index (χ1v) is 14.9. The molecule has 2 saturated heterocycles. The van der Waals surface area contributed by atoms with E-state index in [0.717, 1.165) is 21.9 Å². The van der Waals surface area contributed by atoms with Crippen molar-refractivity contribution in [1.82, 2.24) is 4.90 Å². The summed E-state index contributed by atoms with van der Waals surface area (Å²) in [6.07, 6.45) is 1.66. The van der Waals surface area contributed by atoms with Crippen molar-refractivity contribution in [3.63, 3.8) is 0 Å². The number of hydrogen-bond donors (Lipinski definition) is 3. The molecule has 1 saturated carbocycles. The maximum Gasteiger partial charge on any atom is 0.339 e. The van der Waals surface area contributed by atoms with Gasteiger partial charge in [-0.2, -0.15) is 0 Å². The van der Waals surface area contributed by atoms with Gasteiger partial charge in [0.2, 0.25) is 11.8 Å². The maximum atomic E-state index is 14.1. The van der Waals surface area contributed by atoms with Crippen LogP contribution in [0.3, 0.4) is 0 Å². The number of carboxylic acid groups (broad SMARTS) is 1. The Kier molecular flexibility index (Phi) is 6.79. The number of carbonyl (C=O) groups excluding carboxylic acids is 4. The van der Waals surface area contributed by atoms with Crippen LogP contribution in [0.1, 0.15) is 34.7 Å². The highest BCUT2D eigenvalue weighted by atomic mass is 127. The Balaban J connectivity index is 1.51. The van der Waals surface area contributed by atoms with Crippen molar-refractivity contribution in [2.24, 2.45) is 17.8 Å². The lowest BCUT2D eigenvalue weighted by atomic mass is 9.56. The number of rotatable bonds is 4. The number of aromatic hydroxyl groups is 2.